The molecule has 1 heterocycles. The summed E-state index contributed by atoms with van der Waals surface area (Å²) in [5.41, 5.74) is 1.02. The first-order chi connectivity index (χ1) is 7.13. The van der Waals surface area contributed by atoms with Crippen LogP contribution in [0.5, 0.6) is 0 Å². The number of rotatable bonds is 1. The fraction of sp³-hybridized carbons (Fsp3) is 0.300. The molecule has 0 unspecified atom stereocenters. The van der Waals surface area contributed by atoms with E-state index in [2.05, 4.69) is 4.36 Å². The Labute approximate surface area is 93.9 Å². The molecule has 5 heteroatoms. The van der Waals surface area contributed by atoms with Crippen molar-refractivity contribution in [3.8, 4) is 6.07 Å². The number of nitriles is 1. The molecule has 1 fully saturated rings. The zero-order chi connectivity index (χ0) is 10.9. The summed E-state index contributed by atoms with van der Waals surface area (Å²) in [5, 5.41) is 9.04. The molecule has 15 heavy (non-hydrogen) atoms. The lowest BCUT2D eigenvalue weighted by molar-refractivity contribution is 0.663. The van der Waals surface area contributed by atoms with Crippen LogP contribution in [0.25, 0.3) is 0 Å². The predicted molar refractivity (Wildman–Crippen MR) is 60.7 cm³/mol. The van der Waals surface area contributed by atoms with Crippen molar-refractivity contribution >= 4 is 27.0 Å². The number of hydrogen-bond acceptors (Lipinski definition) is 3. The van der Waals surface area contributed by atoms with Crippen molar-refractivity contribution in [3.63, 3.8) is 0 Å². The van der Waals surface area contributed by atoms with Crippen LogP contribution in [0.4, 0.5) is 5.69 Å². The van der Waals surface area contributed by atoms with Crippen LogP contribution in [-0.4, -0.2) is 15.7 Å². The molecule has 2 rings (SSSR count). The van der Waals surface area contributed by atoms with E-state index in [1.165, 1.54) is 0 Å². The number of nitrogens with zero attached hydrogens (tertiary/aromatic N) is 2. The van der Waals surface area contributed by atoms with Crippen LogP contribution < -0.4 is 0 Å². The average Bonchev–Trinajstić information content (AvgIpc) is 2.18. The van der Waals surface area contributed by atoms with Gasteiger partial charge in [0.1, 0.15) is 0 Å². The van der Waals surface area contributed by atoms with Gasteiger partial charge in [-0.15, -0.1) is 0 Å². The van der Waals surface area contributed by atoms with Gasteiger partial charge in [-0.05, 0) is 24.6 Å². The van der Waals surface area contributed by atoms with Gasteiger partial charge >= 0.3 is 0 Å². The quantitative estimate of drug-likeness (QED) is 0.758. The van der Waals surface area contributed by atoms with E-state index in [4.69, 9.17) is 16.9 Å². The van der Waals surface area contributed by atoms with E-state index < -0.39 is 9.73 Å². The number of halogens is 1. The van der Waals surface area contributed by atoms with Crippen molar-refractivity contribution in [2.75, 3.05) is 11.5 Å². The second-order valence-corrected chi connectivity index (χ2v) is 6.36. The van der Waals surface area contributed by atoms with Crippen molar-refractivity contribution in [1.29, 1.82) is 5.26 Å². The molecule has 0 N–H and O–H groups in total. The summed E-state index contributed by atoms with van der Waals surface area (Å²) in [6.07, 6.45) is 0.968. The molecule has 0 radical (unpaired) electrons. The van der Waals surface area contributed by atoms with Gasteiger partial charge in [0.05, 0.1) is 32.1 Å². The summed E-state index contributed by atoms with van der Waals surface area (Å²) in [7, 11) is -2.03. The van der Waals surface area contributed by atoms with Gasteiger partial charge < -0.3 is 0 Å². The second kappa shape index (κ2) is 3.84. The minimum atomic E-state index is -2.03. The number of benzene rings is 1. The van der Waals surface area contributed by atoms with Crippen LogP contribution in [0.1, 0.15) is 12.0 Å². The zero-order valence-corrected chi connectivity index (χ0v) is 9.51. The molecule has 1 aliphatic rings. The fourth-order valence-electron chi connectivity index (χ4n) is 1.31. The van der Waals surface area contributed by atoms with Crippen LogP contribution in [0, 0.1) is 11.3 Å². The summed E-state index contributed by atoms with van der Waals surface area (Å²) in [6, 6.07) is 6.81. The van der Waals surface area contributed by atoms with Crippen LogP contribution in [0.3, 0.4) is 0 Å². The maximum Gasteiger partial charge on any atom is 0.0992 e. The molecule has 1 aliphatic heterocycles. The Bertz CT molecular complexity index is 543. The fourth-order valence-corrected chi connectivity index (χ4v) is 3.07. The van der Waals surface area contributed by atoms with Crippen LogP contribution in [-0.2, 0) is 9.73 Å². The zero-order valence-electron chi connectivity index (χ0n) is 7.94. The van der Waals surface area contributed by atoms with E-state index in [1.807, 2.05) is 6.07 Å². The monoisotopic (exact) mass is 240 g/mol. The molecule has 0 saturated carbocycles. The first-order valence-electron chi connectivity index (χ1n) is 4.55. The molecule has 1 saturated heterocycles. The smallest absolute Gasteiger partial charge is 0.0992 e. The first kappa shape index (κ1) is 10.5. The molecule has 3 nitrogen and oxygen atoms in total. The van der Waals surface area contributed by atoms with Crippen molar-refractivity contribution in [2.24, 2.45) is 4.36 Å². The van der Waals surface area contributed by atoms with Crippen molar-refractivity contribution in [1.82, 2.24) is 0 Å². The Hall–Kier alpha value is -1.05. The van der Waals surface area contributed by atoms with Crippen LogP contribution in [0.15, 0.2) is 22.6 Å². The van der Waals surface area contributed by atoms with Crippen LogP contribution in [0.2, 0.25) is 5.02 Å². The molecule has 0 aromatic heterocycles. The minimum absolute atomic E-state index is 0.392. The van der Waals surface area contributed by atoms with E-state index in [9.17, 15) is 4.21 Å². The Balaban J connectivity index is 2.43. The summed E-state index contributed by atoms with van der Waals surface area (Å²) >= 11 is 5.92. The van der Waals surface area contributed by atoms with E-state index in [-0.39, 0.29) is 0 Å². The molecule has 0 atom stereocenters. The van der Waals surface area contributed by atoms with Gasteiger partial charge in [0.15, 0.2) is 0 Å². The van der Waals surface area contributed by atoms with Crippen LogP contribution >= 0.6 is 11.6 Å². The van der Waals surface area contributed by atoms with Gasteiger partial charge in [0, 0.05) is 11.5 Å². The molecule has 0 spiro atoms. The van der Waals surface area contributed by atoms with Gasteiger partial charge in [-0.1, -0.05) is 11.6 Å². The first-order valence-corrected chi connectivity index (χ1v) is 6.78. The molecular weight excluding hydrogens is 232 g/mol. The van der Waals surface area contributed by atoms with E-state index >= 15 is 0 Å². The Morgan fingerprint density at radius 3 is 2.67 bits per heavy atom. The largest absolute Gasteiger partial charge is 0.249 e. The summed E-state index contributed by atoms with van der Waals surface area (Å²) in [5.74, 6) is 1.31. The molecule has 0 aliphatic carbocycles. The molecular formula is C10H9ClN2OS. The predicted octanol–water partition coefficient (Wildman–Crippen LogP) is 2.71. The lowest BCUT2D eigenvalue weighted by Gasteiger charge is -2.17. The Kier molecular flexibility index (Phi) is 2.68. The van der Waals surface area contributed by atoms with Gasteiger partial charge in [-0.25, -0.2) is 4.21 Å². The SMILES string of the molecule is N#Cc1ccc(N=S2(=O)CCC2)c(Cl)c1. The van der Waals surface area contributed by atoms with E-state index in [0.717, 1.165) is 6.42 Å². The highest BCUT2D eigenvalue weighted by Crippen LogP contribution is 2.29. The highest BCUT2D eigenvalue weighted by Gasteiger charge is 2.19. The molecule has 0 bridgehead atoms. The minimum Gasteiger partial charge on any atom is -0.249 e. The van der Waals surface area contributed by atoms with E-state index in [0.29, 0.717) is 27.8 Å². The molecule has 1 aromatic rings. The standard InChI is InChI=1S/C10H9ClN2OS/c11-9-6-8(7-12)2-3-10(9)13-15(14)4-1-5-15/h2-3,6H,1,4-5H2. The summed E-state index contributed by atoms with van der Waals surface area (Å²) < 4.78 is 16.0. The van der Waals surface area contributed by atoms with Gasteiger partial charge in [0.25, 0.3) is 0 Å². The van der Waals surface area contributed by atoms with Crippen molar-refractivity contribution in [3.05, 3.63) is 28.8 Å². The lowest BCUT2D eigenvalue weighted by atomic mass is 10.2. The van der Waals surface area contributed by atoms with E-state index in [1.54, 1.807) is 18.2 Å². The topological polar surface area (TPSA) is 53.2 Å². The maximum absolute atomic E-state index is 11.8. The van der Waals surface area contributed by atoms with Crippen molar-refractivity contribution < 1.29 is 4.21 Å². The Morgan fingerprint density at radius 1 is 1.47 bits per heavy atom. The normalized spacial score (nSPS) is 17.6. The summed E-state index contributed by atoms with van der Waals surface area (Å²) in [4.78, 5) is 0. The highest BCUT2D eigenvalue weighted by molar-refractivity contribution is 7.95. The Morgan fingerprint density at radius 2 is 2.20 bits per heavy atom. The van der Waals surface area contributed by atoms with Gasteiger partial charge in [-0.2, -0.15) is 9.62 Å². The maximum atomic E-state index is 11.8. The number of hydrogen-bond donors (Lipinski definition) is 0. The van der Waals surface area contributed by atoms with Gasteiger partial charge in [0.2, 0.25) is 0 Å². The summed E-state index contributed by atoms with van der Waals surface area (Å²) in [6.45, 7) is 0. The highest BCUT2D eigenvalue weighted by atomic mass is 35.5. The third kappa shape index (κ3) is 2.14. The molecule has 78 valence electrons. The molecule has 0 amide bonds. The van der Waals surface area contributed by atoms with Gasteiger partial charge in [-0.3, -0.25) is 0 Å². The third-order valence-electron chi connectivity index (χ3n) is 2.27. The van der Waals surface area contributed by atoms with Crippen molar-refractivity contribution in [2.45, 2.75) is 6.42 Å². The third-order valence-corrected chi connectivity index (χ3v) is 4.95. The molecule has 1 aromatic carbocycles. The average molecular weight is 241 g/mol. The second-order valence-electron chi connectivity index (χ2n) is 3.40. The lowest BCUT2D eigenvalue weighted by Crippen LogP contribution is -2.22.